The molecule has 3 aromatic carbocycles. The first-order valence-electron chi connectivity index (χ1n) is 8.36. The third-order valence-corrected chi connectivity index (χ3v) is 4.25. The average Bonchev–Trinajstić information content (AvgIpc) is 2.69. The summed E-state index contributed by atoms with van der Waals surface area (Å²) in [5, 5.41) is 3.66. The molecule has 0 saturated heterocycles. The Kier molecular flexibility index (Phi) is 7.52. The number of hydrogen-bond acceptors (Lipinski definition) is 3. The molecule has 3 aromatic rings. The first-order chi connectivity index (χ1) is 12.3. The summed E-state index contributed by atoms with van der Waals surface area (Å²) in [5.74, 6) is 1.52. The highest BCUT2D eigenvalue weighted by Gasteiger charge is 2.15. The normalized spacial score (nSPS) is 10.3. The van der Waals surface area contributed by atoms with Crippen molar-refractivity contribution < 1.29 is 9.47 Å². The van der Waals surface area contributed by atoms with Gasteiger partial charge in [0, 0.05) is 12.1 Å². The summed E-state index contributed by atoms with van der Waals surface area (Å²) in [7, 11) is 3.33. The molecule has 0 radical (unpaired) electrons. The van der Waals surface area contributed by atoms with Crippen LogP contribution in [0.4, 0.5) is 0 Å². The van der Waals surface area contributed by atoms with Crippen LogP contribution in [0.15, 0.2) is 78.9 Å². The molecule has 0 aliphatic rings. The van der Waals surface area contributed by atoms with E-state index in [9.17, 15) is 0 Å². The molecular formula is C22H24ClNO2. The summed E-state index contributed by atoms with van der Waals surface area (Å²) in [5.41, 5.74) is 3.53. The Balaban J connectivity index is 0.00000243. The van der Waals surface area contributed by atoms with Crippen LogP contribution in [0.5, 0.6) is 11.5 Å². The molecule has 0 aliphatic heterocycles. The molecule has 0 aromatic heterocycles. The van der Waals surface area contributed by atoms with Crippen molar-refractivity contribution in [2.24, 2.45) is 0 Å². The zero-order valence-electron chi connectivity index (χ0n) is 15.0. The summed E-state index contributed by atoms with van der Waals surface area (Å²) in [6, 6.07) is 27.0. The first-order valence-corrected chi connectivity index (χ1v) is 8.36. The maximum atomic E-state index is 5.55. The molecule has 3 rings (SSSR count). The van der Waals surface area contributed by atoms with Gasteiger partial charge in [-0.25, -0.2) is 0 Å². The molecule has 0 amide bonds. The fourth-order valence-corrected chi connectivity index (χ4v) is 3.02. The summed E-state index contributed by atoms with van der Waals surface area (Å²) in [6.45, 7) is 0.675. The van der Waals surface area contributed by atoms with Gasteiger partial charge < -0.3 is 14.8 Å². The minimum absolute atomic E-state index is 0. The van der Waals surface area contributed by atoms with Gasteiger partial charge in [-0.15, -0.1) is 12.4 Å². The molecule has 0 aliphatic carbocycles. The molecule has 0 unspecified atom stereocenters. The SMILES string of the molecule is COc1cccc(CNC(c2ccccc2)c2ccccc2)c1OC.Cl. The maximum absolute atomic E-state index is 5.55. The van der Waals surface area contributed by atoms with Crippen molar-refractivity contribution in [1.82, 2.24) is 5.32 Å². The summed E-state index contributed by atoms with van der Waals surface area (Å²) < 4.78 is 10.9. The van der Waals surface area contributed by atoms with Crippen molar-refractivity contribution in [3.8, 4) is 11.5 Å². The van der Waals surface area contributed by atoms with Gasteiger partial charge in [-0.05, 0) is 17.2 Å². The van der Waals surface area contributed by atoms with Crippen molar-refractivity contribution in [2.45, 2.75) is 12.6 Å². The van der Waals surface area contributed by atoms with Crippen molar-refractivity contribution in [2.75, 3.05) is 14.2 Å². The molecule has 0 spiro atoms. The number of para-hydroxylation sites is 1. The van der Waals surface area contributed by atoms with Gasteiger partial charge in [0.25, 0.3) is 0 Å². The predicted octanol–water partition coefficient (Wildman–Crippen LogP) is 5.00. The number of hydrogen-bond donors (Lipinski definition) is 1. The second-order valence-corrected chi connectivity index (χ2v) is 5.79. The van der Waals surface area contributed by atoms with Gasteiger partial charge in [-0.3, -0.25) is 0 Å². The van der Waals surface area contributed by atoms with E-state index >= 15 is 0 Å². The summed E-state index contributed by atoms with van der Waals surface area (Å²) in [4.78, 5) is 0. The Bertz CT molecular complexity index is 754. The van der Waals surface area contributed by atoms with Crippen LogP contribution >= 0.6 is 12.4 Å². The molecule has 4 heteroatoms. The quantitative estimate of drug-likeness (QED) is 0.635. The highest BCUT2D eigenvalue weighted by atomic mass is 35.5. The van der Waals surface area contributed by atoms with Crippen LogP contribution in [0, 0.1) is 0 Å². The van der Waals surface area contributed by atoms with E-state index in [1.807, 2.05) is 24.3 Å². The Morgan fingerprint density at radius 1 is 0.731 bits per heavy atom. The minimum Gasteiger partial charge on any atom is -0.493 e. The lowest BCUT2D eigenvalue weighted by molar-refractivity contribution is 0.350. The highest BCUT2D eigenvalue weighted by Crippen LogP contribution is 2.31. The monoisotopic (exact) mass is 369 g/mol. The minimum atomic E-state index is 0. The van der Waals surface area contributed by atoms with E-state index in [1.54, 1.807) is 14.2 Å². The van der Waals surface area contributed by atoms with Crippen LogP contribution in [-0.4, -0.2) is 14.2 Å². The van der Waals surface area contributed by atoms with Gasteiger partial charge in [-0.1, -0.05) is 72.8 Å². The number of halogens is 1. The van der Waals surface area contributed by atoms with Gasteiger partial charge in [-0.2, -0.15) is 0 Å². The molecule has 3 nitrogen and oxygen atoms in total. The third-order valence-electron chi connectivity index (χ3n) is 4.25. The molecule has 136 valence electrons. The lowest BCUT2D eigenvalue weighted by atomic mass is 9.98. The molecule has 0 atom stereocenters. The van der Waals surface area contributed by atoms with Crippen molar-refractivity contribution >= 4 is 12.4 Å². The molecule has 1 N–H and O–H groups in total. The van der Waals surface area contributed by atoms with Crippen LogP contribution in [-0.2, 0) is 6.54 Å². The van der Waals surface area contributed by atoms with Gasteiger partial charge >= 0.3 is 0 Å². The Hall–Kier alpha value is -2.49. The zero-order chi connectivity index (χ0) is 17.5. The number of methoxy groups -OCH3 is 2. The van der Waals surface area contributed by atoms with E-state index in [0.29, 0.717) is 6.54 Å². The third kappa shape index (κ3) is 4.57. The average molecular weight is 370 g/mol. The predicted molar refractivity (Wildman–Crippen MR) is 108 cm³/mol. The summed E-state index contributed by atoms with van der Waals surface area (Å²) in [6.07, 6.45) is 0. The second-order valence-electron chi connectivity index (χ2n) is 5.79. The van der Waals surface area contributed by atoms with Crippen LogP contribution < -0.4 is 14.8 Å². The Morgan fingerprint density at radius 3 is 1.81 bits per heavy atom. The molecule has 0 fully saturated rings. The van der Waals surface area contributed by atoms with E-state index in [4.69, 9.17) is 9.47 Å². The number of rotatable bonds is 7. The van der Waals surface area contributed by atoms with Gasteiger partial charge in [0.2, 0.25) is 0 Å². The standard InChI is InChI=1S/C22H23NO2.ClH/c1-24-20-15-9-14-19(22(20)25-2)16-23-21(17-10-5-3-6-11-17)18-12-7-4-8-13-18;/h3-15,21,23H,16H2,1-2H3;1H. The Labute approximate surface area is 161 Å². The lowest BCUT2D eigenvalue weighted by Gasteiger charge is -2.21. The highest BCUT2D eigenvalue weighted by molar-refractivity contribution is 5.85. The fourth-order valence-electron chi connectivity index (χ4n) is 3.02. The number of benzene rings is 3. The van der Waals surface area contributed by atoms with Gasteiger partial charge in [0.1, 0.15) is 0 Å². The largest absolute Gasteiger partial charge is 0.493 e. The molecular weight excluding hydrogens is 346 g/mol. The number of ether oxygens (including phenoxy) is 2. The van der Waals surface area contributed by atoms with E-state index in [1.165, 1.54) is 11.1 Å². The van der Waals surface area contributed by atoms with Crippen molar-refractivity contribution in [3.63, 3.8) is 0 Å². The van der Waals surface area contributed by atoms with Crippen molar-refractivity contribution in [3.05, 3.63) is 95.6 Å². The van der Waals surface area contributed by atoms with Gasteiger partial charge in [0.05, 0.1) is 20.3 Å². The van der Waals surface area contributed by atoms with E-state index in [-0.39, 0.29) is 18.4 Å². The van der Waals surface area contributed by atoms with E-state index in [0.717, 1.165) is 17.1 Å². The van der Waals surface area contributed by atoms with Crippen molar-refractivity contribution in [1.29, 1.82) is 0 Å². The number of nitrogens with one attached hydrogen (secondary N) is 1. The van der Waals surface area contributed by atoms with E-state index < -0.39 is 0 Å². The van der Waals surface area contributed by atoms with Crippen LogP contribution in [0.25, 0.3) is 0 Å². The smallest absolute Gasteiger partial charge is 0.165 e. The Morgan fingerprint density at radius 2 is 1.31 bits per heavy atom. The first kappa shape index (κ1) is 19.8. The topological polar surface area (TPSA) is 30.5 Å². The molecule has 0 heterocycles. The maximum Gasteiger partial charge on any atom is 0.165 e. The second kappa shape index (κ2) is 9.85. The molecule has 26 heavy (non-hydrogen) atoms. The van der Waals surface area contributed by atoms with Crippen LogP contribution in [0.3, 0.4) is 0 Å². The summed E-state index contributed by atoms with van der Waals surface area (Å²) >= 11 is 0. The lowest BCUT2D eigenvalue weighted by Crippen LogP contribution is -2.22. The molecule has 0 saturated carbocycles. The van der Waals surface area contributed by atoms with Crippen LogP contribution in [0.2, 0.25) is 0 Å². The van der Waals surface area contributed by atoms with Crippen LogP contribution in [0.1, 0.15) is 22.7 Å². The zero-order valence-corrected chi connectivity index (χ0v) is 15.8. The van der Waals surface area contributed by atoms with Gasteiger partial charge in [0.15, 0.2) is 11.5 Å². The fraction of sp³-hybridized carbons (Fsp3) is 0.182. The molecule has 0 bridgehead atoms. The van der Waals surface area contributed by atoms with E-state index in [2.05, 4.69) is 59.9 Å².